The summed E-state index contributed by atoms with van der Waals surface area (Å²) in [7, 11) is 0. The van der Waals surface area contributed by atoms with Crippen molar-refractivity contribution in [2.45, 2.75) is 25.5 Å². The third-order valence-corrected chi connectivity index (χ3v) is 4.95. The van der Waals surface area contributed by atoms with E-state index in [1.54, 1.807) is 0 Å². The fraction of sp³-hybridized carbons (Fsp3) is 0.471. The Balaban J connectivity index is 1.67. The molecule has 0 spiro atoms. The van der Waals surface area contributed by atoms with Crippen molar-refractivity contribution in [2.75, 3.05) is 19.6 Å². The fourth-order valence-corrected chi connectivity index (χ4v) is 3.48. The Morgan fingerprint density at radius 2 is 2.23 bits per heavy atom. The lowest BCUT2D eigenvalue weighted by atomic mass is 9.93. The van der Waals surface area contributed by atoms with E-state index in [4.69, 9.17) is 11.6 Å². The molecule has 0 amide bonds. The Labute approximate surface area is 136 Å². The molecular formula is C17H22ClN3O. The van der Waals surface area contributed by atoms with Gasteiger partial charge in [0.05, 0.1) is 12.4 Å². The molecule has 1 N–H and O–H groups in total. The lowest BCUT2D eigenvalue weighted by molar-refractivity contribution is 0.0686. The maximum Gasteiger partial charge on any atom is 0.0949 e. The first-order valence-electron chi connectivity index (χ1n) is 7.77. The van der Waals surface area contributed by atoms with Gasteiger partial charge in [0.1, 0.15) is 0 Å². The molecule has 3 atom stereocenters. The monoisotopic (exact) mass is 319 g/mol. The number of β-amino-alcohol motifs (C(OH)–C–C–N with tert-alkyl or cyclic N) is 1. The van der Waals surface area contributed by atoms with Crippen LogP contribution in [0.2, 0.25) is 5.02 Å². The summed E-state index contributed by atoms with van der Waals surface area (Å²) in [6.45, 7) is 4.83. The van der Waals surface area contributed by atoms with Gasteiger partial charge in [0.25, 0.3) is 0 Å². The Morgan fingerprint density at radius 1 is 1.41 bits per heavy atom. The summed E-state index contributed by atoms with van der Waals surface area (Å²) in [5.74, 6) is 0.614. The molecule has 0 unspecified atom stereocenters. The van der Waals surface area contributed by atoms with Crippen LogP contribution in [0.5, 0.6) is 0 Å². The molecule has 1 aromatic carbocycles. The normalized spacial score (nSPS) is 24.3. The molecule has 0 saturated carbocycles. The van der Waals surface area contributed by atoms with Crippen LogP contribution in [0, 0.1) is 5.92 Å². The van der Waals surface area contributed by atoms with Gasteiger partial charge in [-0.15, -0.1) is 0 Å². The molecule has 1 saturated heterocycles. The number of imidazole rings is 1. The van der Waals surface area contributed by atoms with Crippen LogP contribution in [0.3, 0.4) is 0 Å². The first-order chi connectivity index (χ1) is 10.6. The number of aromatic nitrogens is 2. The largest absolute Gasteiger partial charge is 0.387 e. The van der Waals surface area contributed by atoms with Crippen molar-refractivity contribution >= 4 is 11.6 Å². The van der Waals surface area contributed by atoms with E-state index < -0.39 is 6.10 Å². The SMILES string of the molecule is C[C@@H]1CCN(C[C@H](O)c2ccccc2Cl)C[C@H]1n1ccnc1. The molecule has 0 radical (unpaired) electrons. The van der Waals surface area contributed by atoms with Crippen molar-refractivity contribution in [3.8, 4) is 0 Å². The van der Waals surface area contributed by atoms with Gasteiger partial charge >= 0.3 is 0 Å². The smallest absolute Gasteiger partial charge is 0.0949 e. The van der Waals surface area contributed by atoms with Gasteiger partial charge in [0.15, 0.2) is 0 Å². The molecule has 5 heteroatoms. The van der Waals surface area contributed by atoms with Crippen LogP contribution in [0.25, 0.3) is 0 Å². The summed E-state index contributed by atoms with van der Waals surface area (Å²) in [4.78, 5) is 6.47. The molecule has 22 heavy (non-hydrogen) atoms. The Morgan fingerprint density at radius 3 is 2.95 bits per heavy atom. The maximum atomic E-state index is 10.5. The number of benzene rings is 1. The third kappa shape index (κ3) is 3.35. The van der Waals surface area contributed by atoms with Crippen molar-refractivity contribution in [1.82, 2.24) is 14.5 Å². The van der Waals surface area contributed by atoms with Crippen LogP contribution in [-0.2, 0) is 0 Å². The van der Waals surface area contributed by atoms with Crippen molar-refractivity contribution in [1.29, 1.82) is 0 Å². The lowest BCUT2D eigenvalue weighted by Crippen LogP contribution is -2.42. The topological polar surface area (TPSA) is 41.3 Å². The number of rotatable bonds is 4. The maximum absolute atomic E-state index is 10.5. The van der Waals surface area contributed by atoms with Crippen LogP contribution in [0.15, 0.2) is 43.0 Å². The molecule has 1 aliphatic heterocycles. The van der Waals surface area contributed by atoms with Crippen molar-refractivity contribution in [2.24, 2.45) is 5.92 Å². The summed E-state index contributed by atoms with van der Waals surface area (Å²) in [6.07, 6.45) is 6.30. The Kier molecular flexibility index (Phi) is 4.81. The van der Waals surface area contributed by atoms with E-state index in [-0.39, 0.29) is 0 Å². The first kappa shape index (κ1) is 15.5. The highest BCUT2D eigenvalue weighted by atomic mass is 35.5. The molecule has 118 valence electrons. The number of likely N-dealkylation sites (tertiary alicyclic amines) is 1. The van der Waals surface area contributed by atoms with Crippen LogP contribution in [0.4, 0.5) is 0 Å². The van der Waals surface area contributed by atoms with Gasteiger partial charge in [-0.25, -0.2) is 4.98 Å². The highest BCUT2D eigenvalue weighted by Crippen LogP contribution is 2.29. The summed E-state index contributed by atoms with van der Waals surface area (Å²) in [5, 5.41) is 11.1. The number of piperidine rings is 1. The average Bonchev–Trinajstić information content (AvgIpc) is 3.03. The minimum atomic E-state index is -0.550. The van der Waals surface area contributed by atoms with Crippen LogP contribution >= 0.6 is 11.6 Å². The standard InChI is InChI=1S/C17H22ClN3O/c1-13-6-8-20(10-16(13)21-9-7-19-12-21)11-17(22)14-4-2-3-5-15(14)18/h2-5,7,9,12-13,16-17,22H,6,8,10-11H2,1H3/t13-,16-,17+/m1/s1. The number of aliphatic hydroxyl groups excluding tert-OH is 1. The highest BCUT2D eigenvalue weighted by molar-refractivity contribution is 6.31. The lowest BCUT2D eigenvalue weighted by Gasteiger charge is -2.38. The van der Waals surface area contributed by atoms with E-state index in [9.17, 15) is 5.11 Å². The molecule has 4 nitrogen and oxygen atoms in total. The number of nitrogens with zero attached hydrogens (tertiary/aromatic N) is 3. The molecular weight excluding hydrogens is 298 g/mol. The van der Waals surface area contributed by atoms with Gasteiger partial charge in [-0.3, -0.25) is 4.90 Å². The van der Waals surface area contributed by atoms with E-state index in [0.717, 1.165) is 25.1 Å². The summed E-state index contributed by atoms with van der Waals surface area (Å²) < 4.78 is 2.18. The molecule has 2 aromatic rings. The summed E-state index contributed by atoms with van der Waals surface area (Å²) in [5.41, 5.74) is 0.807. The summed E-state index contributed by atoms with van der Waals surface area (Å²) >= 11 is 6.18. The second kappa shape index (κ2) is 6.82. The highest BCUT2D eigenvalue weighted by Gasteiger charge is 2.28. The molecule has 2 heterocycles. The third-order valence-electron chi connectivity index (χ3n) is 4.61. The van der Waals surface area contributed by atoms with Crippen LogP contribution in [0.1, 0.15) is 31.1 Å². The van der Waals surface area contributed by atoms with Gasteiger partial charge < -0.3 is 9.67 Å². The summed E-state index contributed by atoms with van der Waals surface area (Å²) in [6, 6.07) is 7.93. The van der Waals surface area contributed by atoms with Crippen LogP contribution < -0.4 is 0 Å². The molecule has 1 aliphatic rings. The second-order valence-electron chi connectivity index (χ2n) is 6.14. The van der Waals surface area contributed by atoms with Gasteiger partial charge in [-0.1, -0.05) is 36.7 Å². The van der Waals surface area contributed by atoms with Crippen LogP contribution in [-0.4, -0.2) is 39.2 Å². The number of hydrogen-bond donors (Lipinski definition) is 1. The average molecular weight is 320 g/mol. The number of aliphatic hydroxyl groups is 1. The van der Waals surface area contributed by atoms with Gasteiger partial charge in [-0.2, -0.15) is 0 Å². The predicted octanol–water partition coefficient (Wildman–Crippen LogP) is 3.15. The quantitative estimate of drug-likeness (QED) is 0.941. The molecule has 1 fully saturated rings. The first-order valence-corrected chi connectivity index (χ1v) is 8.15. The zero-order valence-corrected chi connectivity index (χ0v) is 13.5. The number of halogens is 1. The molecule has 1 aromatic heterocycles. The van der Waals surface area contributed by atoms with E-state index in [1.165, 1.54) is 0 Å². The van der Waals surface area contributed by atoms with E-state index >= 15 is 0 Å². The van der Waals surface area contributed by atoms with Gasteiger partial charge in [0, 0.05) is 42.1 Å². The second-order valence-corrected chi connectivity index (χ2v) is 6.55. The zero-order valence-electron chi connectivity index (χ0n) is 12.8. The van der Waals surface area contributed by atoms with E-state index in [1.807, 2.05) is 43.0 Å². The molecule has 0 bridgehead atoms. The number of hydrogen-bond acceptors (Lipinski definition) is 3. The Hall–Kier alpha value is -1.36. The van der Waals surface area contributed by atoms with Gasteiger partial charge in [-0.05, 0) is 24.9 Å². The van der Waals surface area contributed by atoms with Crippen molar-refractivity contribution < 1.29 is 5.11 Å². The fourth-order valence-electron chi connectivity index (χ4n) is 3.22. The van der Waals surface area contributed by atoms with Crippen molar-refractivity contribution in [3.63, 3.8) is 0 Å². The van der Waals surface area contributed by atoms with Gasteiger partial charge in [0.2, 0.25) is 0 Å². The minimum Gasteiger partial charge on any atom is -0.387 e. The van der Waals surface area contributed by atoms with E-state index in [2.05, 4.69) is 21.4 Å². The van der Waals surface area contributed by atoms with E-state index in [0.29, 0.717) is 23.5 Å². The predicted molar refractivity (Wildman–Crippen MR) is 87.9 cm³/mol. The van der Waals surface area contributed by atoms with Crippen molar-refractivity contribution in [3.05, 3.63) is 53.6 Å². The minimum absolute atomic E-state index is 0.412. The molecule has 3 rings (SSSR count). The molecule has 0 aliphatic carbocycles. The zero-order chi connectivity index (χ0) is 15.5. The Bertz CT molecular complexity index is 602.